The van der Waals surface area contributed by atoms with Crippen LogP contribution >= 0.6 is 11.6 Å². The maximum atomic E-state index is 13.6. The van der Waals surface area contributed by atoms with E-state index in [0.29, 0.717) is 22.9 Å². The molecule has 318 valence electrons. The predicted octanol–water partition coefficient (Wildman–Crippen LogP) is 8.74. The fourth-order valence-corrected chi connectivity index (χ4v) is 9.87. The van der Waals surface area contributed by atoms with Crippen LogP contribution in [0.3, 0.4) is 0 Å². The number of hydrogen-bond donors (Lipinski definition) is 1. The minimum absolute atomic E-state index is 0.0725. The maximum absolute atomic E-state index is 13.6. The van der Waals surface area contributed by atoms with Gasteiger partial charge < -0.3 is 23.2 Å². The number of nitrogens with one attached hydrogen (secondary N) is 1. The monoisotopic (exact) mass is 882 g/mol. The summed E-state index contributed by atoms with van der Waals surface area (Å²) < 4.78 is 150. The second kappa shape index (κ2) is 15.9. The Balaban J connectivity index is 1.40. The smallest absolute Gasteiger partial charge is 0.493 e. The Morgan fingerprint density at radius 3 is 2.19 bits per heavy atom. The van der Waals surface area contributed by atoms with Gasteiger partial charge in [0, 0.05) is 28.2 Å². The molecule has 0 saturated heterocycles. The van der Waals surface area contributed by atoms with Gasteiger partial charge in [-0.15, -0.1) is 0 Å². The molecule has 1 fully saturated rings. The predicted molar refractivity (Wildman–Crippen MR) is 200 cm³/mol. The van der Waals surface area contributed by atoms with E-state index in [2.05, 4.69) is 25.6 Å². The quantitative estimate of drug-likeness (QED) is 0.0806. The Morgan fingerprint density at radius 2 is 1.59 bits per heavy atom. The summed E-state index contributed by atoms with van der Waals surface area (Å²) in [7, 11) is -11.8. The highest BCUT2D eigenvalue weighted by Gasteiger charge is 2.56. The van der Waals surface area contributed by atoms with E-state index in [-0.39, 0.29) is 61.7 Å². The van der Waals surface area contributed by atoms with Crippen LogP contribution in [0.1, 0.15) is 87.1 Å². The van der Waals surface area contributed by atoms with Gasteiger partial charge in [-0.25, -0.2) is 4.79 Å². The number of anilines is 1. The summed E-state index contributed by atoms with van der Waals surface area (Å²) in [6.07, 6.45) is 5.37. The largest absolute Gasteiger partial charge is 0.534 e. The summed E-state index contributed by atoms with van der Waals surface area (Å²) in [4.78, 5) is 18.0. The number of halogens is 7. The number of fused-ring (bicyclic) bond motifs is 3. The molecule has 3 atom stereocenters. The molecule has 0 bridgehead atoms. The van der Waals surface area contributed by atoms with Crippen molar-refractivity contribution in [2.45, 2.75) is 99.5 Å². The minimum atomic E-state index is -6.53. The highest BCUT2D eigenvalue weighted by molar-refractivity contribution is 7.88. The first-order valence-electron chi connectivity index (χ1n) is 18.4. The number of methoxy groups -OCH3 is 1. The molecule has 11 nitrogen and oxygen atoms in total. The van der Waals surface area contributed by atoms with Gasteiger partial charge in [-0.3, -0.25) is 4.98 Å². The van der Waals surface area contributed by atoms with Crippen molar-refractivity contribution < 1.29 is 65.8 Å². The summed E-state index contributed by atoms with van der Waals surface area (Å²) in [5.41, 5.74) is -11.5. The molecule has 6 rings (SSSR count). The lowest BCUT2D eigenvalue weighted by molar-refractivity contribution is -0.148. The van der Waals surface area contributed by atoms with Crippen molar-refractivity contribution in [3.05, 3.63) is 76.1 Å². The lowest BCUT2D eigenvalue weighted by atomic mass is 9.59. The van der Waals surface area contributed by atoms with Gasteiger partial charge in [-0.1, -0.05) is 31.5 Å². The lowest BCUT2D eigenvalue weighted by Gasteiger charge is -2.47. The van der Waals surface area contributed by atoms with Gasteiger partial charge in [-0.2, -0.15) is 43.2 Å². The first kappa shape index (κ1) is 43.6. The van der Waals surface area contributed by atoms with Gasteiger partial charge in [0.25, 0.3) is 0 Å². The SMILES string of the molecule is COC(=O)C1(Nc2cccc(Cl)c2)CCC2(CC1)c1cc(OS(=O)(=O)C(F)(F)F)c(OS(=O)(=O)C(F)(F)F)cc1C[C@@H]2C[C@@H](C)COc1ccnc2c1[C@H](C)CCC2. The Morgan fingerprint density at radius 1 is 0.948 bits per heavy atom. The number of esters is 1. The molecular formula is C38H41ClF6N2O9S2. The van der Waals surface area contributed by atoms with Crippen LogP contribution in [0, 0.1) is 11.8 Å². The number of alkyl halides is 6. The van der Waals surface area contributed by atoms with Gasteiger partial charge in [0.05, 0.1) is 13.7 Å². The van der Waals surface area contributed by atoms with Crippen molar-refractivity contribution in [3.8, 4) is 17.2 Å². The van der Waals surface area contributed by atoms with E-state index in [1.54, 1.807) is 36.5 Å². The molecule has 3 aliphatic rings. The van der Waals surface area contributed by atoms with Crippen LogP contribution in [0.2, 0.25) is 5.02 Å². The zero-order valence-electron chi connectivity index (χ0n) is 31.5. The van der Waals surface area contributed by atoms with Gasteiger partial charge >= 0.3 is 37.2 Å². The van der Waals surface area contributed by atoms with E-state index >= 15 is 0 Å². The van der Waals surface area contributed by atoms with Gasteiger partial charge in [0.15, 0.2) is 11.5 Å². The summed E-state index contributed by atoms with van der Waals surface area (Å²) in [5.74, 6) is -3.11. The Hall–Kier alpha value is -3.97. The lowest BCUT2D eigenvalue weighted by Crippen LogP contribution is -2.53. The number of hydrogen-bond acceptors (Lipinski definition) is 11. The molecule has 2 aromatic carbocycles. The van der Waals surface area contributed by atoms with Crippen molar-refractivity contribution in [1.29, 1.82) is 0 Å². The van der Waals surface area contributed by atoms with E-state index in [4.69, 9.17) is 21.1 Å². The molecular weight excluding hydrogens is 842 g/mol. The number of carbonyl (C=O) groups excluding carboxylic acids is 1. The zero-order valence-corrected chi connectivity index (χ0v) is 33.9. The van der Waals surface area contributed by atoms with Gasteiger partial charge in [0.1, 0.15) is 11.3 Å². The van der Waals surface area contributed by atoms with Crippen LogP contribution in [0.25, 0.3) is 0 Å². The summed E-state index contributed by atoms with van der Waals surface area (Å²) in [6.45, 7) is 4.25. The number of nitrogens with zero attached hydrogens (tertiary/aromatic N) is 1. The van der Waals surface area contributed by atoms with Crippen LogP contribution in [-0.2, 0) is 48.0 Å². The number of pyridine rings is 1. The highest BCUT2D eigenvalue weighted by Crippen LogP contribution is 2.58. The molecule has 0 radical (unpaired) electrons. The van der Waals surface area contributed by atoms with Crippen LogP contribution in [0.4, 0.5) is 32.0 Å². The summed E-state index contributed by atoms with van der Waals surface area (Å²) in [6, 6.07) is 9.99. The van der Waals surface area contributed by atoms with Crippen molar-refractivity contribution in [1.82, 2.24) is 4.98 Å². The third-order valence-corrected chi connectivity index (χ3v) is 13.7. The average Bonchev–Trinajstić information content (AvgIpc) is 3.40. The standard InChI is InChI=1S/C38H41ClF6N2O9S2/c1-22(21-54-30-10-15-46-29-9-4-6-23(2)33(29)30)16-25-17-24-18-31(55-57(49,50)37(40,41)42)32(56-58(51,52)38(43,44)45)20-28(24)35(25)11-13-36(14-12-35,34(48)53-3)47-27-8-5-7-26(39)19-27/h5,7-8,10,15,18-20,22-23,25,47H,4,6,9,11-14,16-17,21H2,1-3H3/t22-,23-,25+,35?,36?/m1/s1. The van der Waals surface area contributed by atoms with Crippen LogP contribution in [-0.4, -0.2) is 58.1 Å². The van der Waals surface area contributed by atoms with E-state index in [1.165, 1.54) is 7.11 Å². The van der Waals surface area contributed by atoms with Crippen LogP contribution in [0.15, 0.2) is 48.7 Å². The molecule has 1 spiro atoms. The molecule has 1 heterocycles. The van der Waals surface area contributed by atoms with Gasteiger partial charge in [-0.05, 0) is 128 Å². The number of aryl methyl sites for hydroxylation is 1. The second-order valence-electron chi connectivity index (χ2n) is 15.3. The first-order valence-corrected chi connectivity index (χ1v) is 21.6. The third-order valence-electron chi connectivity index (χ3n) is 11.5. The van der Waals surface area contributed by atoms with Gasteiger partial charge in [0.2, 0.25) is 0 Å². The summed E-state index contributed by atoms with van der Waals surface area (Å²) in [5, 5.41) is 3.62. The topological polar surface area (TPSA) is 147 Å². The van der Waals surface area contributed by atoms with Crippen molar-refractivity contribution >= 4 is 43.5 Å². The number of carbonyl (C=O) groups is 1. The normalized spacial score (nSPS) is 24.0. The van der Waals surface area contributed by atoms with Crippen molar-refractivity contribution in [3.63, 3.8) is 0 Å². The number of aromatic nitrogens is 1. The molecule has 1 saturated carbocycles. The highest BCUT2D eigenvalue weighted by atomic mass is 35.5. The molecule has 58 heavy (non-hydrogen) atoms. The summed E-state index contributed by atoms with van der Waals surface area (Å²) >= 11 is 6.21. The number of benzene rings is 2. The van der Waals surface area contributed by atoms with E-state index in [0.717, 1.165) is 42.7 Å². The van der Waals surface area contributed by atoms with E-state index in [9.17, 15) is 48.0 Å². The van der Waals surface area contributed by atoms with E-state index in [1.807, 2.05) is 6.92 Å². The van der Waals surface area contributed by atoms with Crippen LogP contribution < -0.4 is 18.4 Å². The molecule has 0 amide bonds. The maximum Gasteiger partial charge on any atom is 0.534 e. The zero-order chi connectivity index (χ0) is 42.5. The molecule has 0 aliphatic heterocycles. The molecule has 3 aromatic rings. The second-order valence-corrected chi connectivity index (χ2v) is 18.8. The molecule has 0 unspecified atom stereocenters. The first-order chi connectivity index (χ1) is 27.0. The Kier molecular flexibility index (Phi) is 12.0. The Labute approximate surface area is 337 Å². The molecule has 1 aromatic heterocycles. The molecule has 20 heteroatoms. The van der Waals surface area contributed by atoms with E-state index < -0.39 is 65.6 Å². The molecule has 3 aliphatic carbocycles. The van der Waals surface area contributed by atoms with Crippen molar-refractivity contribution in [2.75, 3.05) is 19.0 Å². The number of rotatable bonds is 12. The fourth-order valence-electron chi connectivity index (χ4n) is 8.76. The fraction of sp³-hybridized carbons (Fsp3) is 0.526. The van der Waals surface area contributed by atoms with Crippen LogP contribution in [0.5, 0.6) is 17.2 Å². The minimum Gasteiger partial charge on any atom is -0.493 e. The number of ether oxygens (including phenoxy) is 2. The average molecular weight is 883 g/mol. The van der Waals surface area contributed by atoms with Crippen molar-refractivity contribution in [2.24, 2.45) is 11.8 Å². The molecule has 1 N–H and O–H groups in total. The third kappa shape index (κ3) is 8.53. The Bertz CT molecular complexity index is 2260.